The molecule has 0 aliphatic heterocycles. The van der Waals surface area contributed by atoms with Gasteiger partial charge in [0.05, 0.1) is 19.3 Å². The van der Waals surface area contributed by atoms with Crippen LogP contribution >= 0.6 is 11.8 Å². The predicted octanol–water partition coefficient (Wildman–Crippen LogP) is 2.51. The molecule has 0 unspecified atom stereocenters. The van der Waals surface area contributed by atoms with Gasteiger partial charge in [0.25, 0.3) is 0 Å². The molecule has 5 heteroatoms. The van der Waals surface area contributed by atoms with Crippen LogP contribution in [0.15, 0.2) is 52.5 Å². The van der Waals surface area contributed by atoms with E-state index in [1.165, 1.54) is 18.9 Å². The average Bonchev–Trinajstić information content (AvgIpc) is 2.48. The zero-order chi connectivity index (χ0) is 13.7. The van der Waals surface area contributed by atoms with Crippen LogP contribution in [0.1, 0.15) is 15.9 Å². The molecule has 0 radical (unpaired) electrons. The maximum atomic E-state index is 11.6. The van der Waals surface area contributed by atoms with Gasteiger partial charge in [0.2, 0.25) is 0 Å². The van der Waals surface area contributed by atoms with Gasteiger partial charge in [-0.2, -0.15) is 0 Å². The molecular formula is C14H13NO3S. The second kappa shape index (κ2) is 6.36. The zero-order valence-corrected chi connectivity index (χ0v) is 11.2. The molecule has 1 aromatic carbocycles. The van der Waals surface area contributed by atoms with E-state index in [1.807, 2.05) is 24.3 Å². The first-order chi connectivity index (χ1) is 9.24. The van der Waals surface area contributed by atoms with Gasteiger partial charge in [-0.05, 0) is 29.8 Å². The Labute approximate surface area is 115 Å². The van der Waals surface area contributed by atoms with Crippen LogP contribution < -0.4 is 0 Å². The van der Waals surface area contributed by atoms with E-state index in [9.17, 15) is 4.79 Å². The molecule has 2 rings (SSSR count). The number of benzene rings is 1. The van der Waals surface area contributed by atoms with Crippen LogP contribution in [0.5, 0.6) is 0 Å². The van der Waals surface area contributed by atoms with Crippen molar-refractivity contribution < 1.29 is 14.6 Å². The molecule has 0 fully saturated rings. The second-order valence-electron chi connectivity index (χ2n) is 3.75. The molecule has 19 heavy (non-hydrogen) atoms. The maximum Gasteiger partial charge on any atom is 0.340 e. The van der Waals surface area contributed by atoms with Gasteiger partial charge in [0, 0.05) is 11.1 Å². The number of pyridine rings is 1. The Morgan fingerprint density at radius 3 is 2.68 bits per heavy atom. The summed E-state index contributed by atoms with van der Waals surface area (Å²) < 4.78 is 4.73. The highest BCUT2D eigenvalue weighted by atomic mass is 32.2. The topological polar surface area (TPSA) is 59.4 Å². The number of carbonyl (C=O) groups is 1. The molecular weight excluding hydrogens is 262 g/mol. The molecule has 98 valence electrons. The molecule has 0 saturated carbocycles. The Morgan fingerprint density at radius 2 is 2.05 bits per heavy atom. The summed E-state index contributed by atoms with van der Waals surface area (Å²) in [6.45, 7) is 0.0158. The number of aliphatic hydroxyl groups is 1. The molecule has 2 aromatic rings. The first-order valence-corrected chi connectivity index (χ1v) is 6.47. The summed E-state index contributed by atoms with van der Waals surface area (Å²) in [6.07, 6.45) is 1.64. The summed E-state index contributed by atoms with van der Waals surface area (Å²) in [6, 6.07) is 10.8. The Hall–Kier alpha value is -1.85. The van der Waals surface area contributed by atoms with Crippen molar-refractivity contribution in [3.05, 3.63) is 53.7 Å². The van der Waals surface area contributed by atoms with E-state index in [0.717, 1.165) is 10.5 Å². The molecule has 0 amide bonds. The standard InChI is InChI=1S/C14H13NO3S/c1-18-14(17)12-3-2-8-15-13(12)19-11-6-4-10(9-16)5-7-11/h2-8,16H,9H2,1H3. The molecule has 1 aromatic heterocycles. The Morgan fingerprint density at radius 1 is 1.32 bits per heavy atom. The molecule has 0 bridgehead atoms. The number of aliphatic hydroxyl groups excluding tert-OH is 1. The van der Waals surface area contributed by atoms with Crippen molar-refractivity contribution in [1.82, 2.24) is 4.98 Å². The van der Waals surface area contributed by atoms with Gasteiger partial charge in [-0.15, -0.1) is 0 Å². The van der Waals surface area contributed by atoms with Crippen molar-refractivity contribution in [3.63, 3.8) is 0 Å². The highest BCUT2D eigenvalue weighted by molar-refractivity contribution is 7.99. The molecule has 0 aliphatic carbocycles. The van der Waals surface area contributed by atoms with E-state index in [1.54, 1.807) is 18.3 Å². The van der Waals surface area contributed by atoms with Crippen molar-refractivity contribution in [2.45, 2.75) is 16.5 Å². The lowest BCUT2D eigenvalue weighted by Crippen LogP contribution is -2.03. The first-order valence-electron chi connectivity index (χ1n) is 5.65. The number of methoxy groups -OCH3 is 1. The lowest BCUT2D eigenvalue weighted by Gasteiger charge is -2.06. The lowest BCUT2D eigenvalue weighted by atomic mass is 10.2. The molecule has 0 saturated heterocycles. The van der Waals surface area contributed by atoms with Crippen molar-refractivity contribution >= 4 is 17.7 Å². The average molecular weight is 275 g/mol. The van der Waals surface area contributed by atoms with Gasteiger partial charge in [-0.1, -0.05) is 23.9 Å². The van der Waals surface area contributed by atoms with Crippen LogP contribution in [0.25, 0.3) is 0 Å². The number of carbonyl (C=O) groups excluding carboxylic acids is 1. The number of esters is 1. The highest BCUT2D eigenvalue weighted by Gasteiger charge is 2.13. The van der Waals surface area contributed by atoms with E-state index in [4.69, 9.17) is 9.84 Å². The van der Waals surface area contributed by atoms with Gasteiger partial charge in [-0.3, -0.25) is 0 Å². The van der Waals surface area contributed by atoms with Crippen molar-refractivity contribution in [2.24, 2.45) is 0 Å². The number of ether oxygens (including phenoxy) is 1. The third-order valence-corrected chi connectivity index (χ3v) is 3.52. The van der Waals surface area contributed by atoms with Gasteiger partial charge >= 0.3 is 5.97 Å². The molecule has 1 N–H and O–H groups in total. The third-order valence-electron chi connectivity index (χ3n) is 2.50. The molecule has 0 atom stereocenters. The van der Waals surface area contributed by atoms with Crippen LogP contribution in [0.2, 0.25) is 0 Å². The summed E-state index contributed by atoms with van der Waals surface area (Å²) >= 11 is 1.38. The first kappa shape index (κ1) is 13.6. The summed E-state index contributed by atoms with van der Waals surface area (Å²) in [7, 11) is 1.35. The monoisotopic (exact) mass is 275 g/mol. The van der Waals surface area contributed by atoms with Gasteiger partial charge < -0.3 is 9.84 Å². The zero-order valence-electron chi connectivity index (χ0n) is 10.4. The fraction of sp³-hybridized carbons (Fsp3) is 0.143. The largest absolute Gasteiger partial charge is 0.465 e. The number of aromatic nitrogens is 1. The van der Waals surface area contributed by atoms with Gasteiger partial charge in [0.1, 0.15) is 5.03 Å². The summed E-state index contributed by atoms with van der Waals surface area (Å²) in [4.78, 5) is 16.8. The fourth-order valence-corrected chi connectivity index (χ4v) is 2.38. The van der Waals surface area contributed by atoms with Crippen LogP contribution in [0, 0.1) is 0 Å². The number of hydrogen-bond acceptors (Lipinski definition) is 5. The maximum absolute atomic E-state index is 11.6. The lowest BCUT2D eigenvalue weighted by molar-refractivity contribution is 0.0596. The minimum atomic E-state index is -0.400. The Kier molecular flexibility index (Phi) is 4.54. The Bertz CT molecular complexity index is 569. The van der Waals surface area contributed by atoms with Crippen LogP contribution in [0.4, 0.5) is 0 Å². The van der Waals surface area contributed by atoms with Crippen molar-refractivity contribution in [3.8, 4) is 0 Å². The SMILES string of the molecule is COC(=O)c1cccnc1Sc1ccc(CO)cc1. The number of nitrogens with zero attached hydrogens (tertiary/aromatic N) is 1. The van der Waals surface area contributed by atoms with Crippen molar-refractivity contribution in [2.75, 3.05) is 7.11 Å². The third kappa shape index (κ3) is 3.33. The Balaban J connectivity index is 2.25. The van der Waals surface area contributed by atoms with E-state index >= 15 is 0 Å². The van der Waals surface area contributed by atoms with E-state index in [2.05, 4.69) is 4.98 Å². The van der Waals surface area contributed by atoms with Gasteiger partial charge in [-0.25, -0.2) is 9.78 Å². The normalized spacial score (nSPS) is 10.2. The number of hydrogen-bond donors (Lipinski definition) is 1. The van der Waals surface area contributed by atoms with Crippen LogP contribution in [-0.4, -0.2) is 23.2 Å². The molecule has 1 heterocycles. The van der Waals surface area contributed by atoms with Crippen LogP contribution in [0.3, 0.4) is 0 Å². The summed E-state index contributed by atoms with van der Waals surface area (Å²) in [5.41, 5.74) is 1.29. The molecule has 0 spiro atoms. The smallest absolute Gasteiger partial charge is 0.340 e. The summed E-state index contributed by atoms with van der Waals surface area (Å²) in [5, 5.41) is 9.59. The molecule has 4 nitrogen and oxygen atoms in total. The predicted molar refractivity (Wildman–Crippen MR) is 72.1 cm³/mol. The molecule has 0 aliphatic rings. The van der Waals surface area contributed by atoms with E-state index in [-0.39, 0.29) is 6.61 Å². The quantitative estimate of drug-likeness (QED) is 0.869. The van der Waals surface area contributed by atoms with E-state index < -0.39 is 5.97 Å². The van der Waals surface area contributed by atoms with E-state index in [0.29, 0.717) is 10.6 Å². The van der Waals surface area contributed by atoms with Crippen molar-refractivity contribution in [1.29, 1.82) is 0 Å². The van der Waals surface area contributed by atoms with Crippen LogP contribution in [-0.2, 0) is 11.3 Å². The second-order valence-corrected chi connectivity index (χ2v) is 4.81. The van der Waals surface area contributed by atoms with Gasteiger partial charge in [0.15, 0.2) is 0 Å². The number of rotatable bonds is 4. The minimum Gasteiger partial charge on any atom is -0.465 e. The fourth-order valence-electron chi connectivity index (χ4n) is 1.51. The summed E-state index contributed by atoms with van der Waals surface area (Å²) in [5.74, 6) is -0.400. The minimum absolute atomic E-state index is 0.0158. The highest BCUT2D eigenvalue weighted by Crippen LogP contribution is 2.29.